The second-order valence-corrected chi connectivity index (χ2v) is 4.98. The van der Waals surface area contributed by atoms with Crippen molar-refractivity contribution in [2.75, 3.05) is 0 Å². The predicted octanol–water partition coefficient (Wildman–Crippen LogP) is 4.32. The maximum atomic E-state index is 12.7. The molecule has 0 aliphatic carbocycles. The summed E-state index contributed by atoms with van der Waals surface area (Å²) in [6.07, 6.45) is 0.776. The van der Waals surface area contributed by atoms with E-state index >= 15 is 0 Å². The molecule has 118 valence electrons. The van der Waals surface area contributed by atoms with E-state index in [2.05, 4.69) is 19.9 Å². The Bertz CT molecular complexity index is 876. The highest BCUT2D eigenvalue weighted by molar-refractivity contribution is 6.30. The van der Waals surface area contributed by atoms with Gasteiger partial charge in [0.2, 0.25) is 0 Å². The van der Waals surface area contributed by atoms with E-state index < -0.39 is 13.0 Å². The zero-order valence-electron chi connectivity index (χ0n) is 13.6. The van der Waals surface area contributed by atoms with Gasteiger partial charge in [0.25, 0.3) is 0 Å². The van der Waals surface area contributed by atoms with Crippen LogP contribution in [0.2, 0.25) is 5.02 Å². The molecule has 0 amide bonds. The molecule has 3 aromatic rings. The molecule has 0 spiro atoms. The van der Waals surface area contributed by atoms with Crippen LogP contribution in [0.25, 0.3) is 11.3 Å². The number of aromatic amines is 1. The molecule has 0 fully saturated rings. The molecule has 0 bridgehead atoms. The smallest absolute Gasteiger partial charge is 0.387 e. The van der Waals surface area contributed by atoms with Gasteiger partial charge in [0.1, 0.15) is 5.69 Å². The van der Waals surface area contributed by atoms with Crippen molar-refractivity contribution < 1.29 is 16.3 Å². The van der Waals surface area contributed by atoms with Crippen LogP contribution in [0.15, 0.2) is 48.8 Å². The number of pyridine rings is 1. The van der Waals surface area contributed by atoms with E-state index in [0.29, 0.717) is 10.6 Å². The lowest BCUT2D eigenvalue weighted by molar-refractivity contribution is -0.0496. The lowest BCUT2D eigenvalue weighted by atomic mass is 10.1. The number of nitrogens with one attached hydrogen (secondary N) is 1. The first-order valence-electron chi connectivity index (χ1n) is 7.59. The Labute approximate surface area is 138 Å². The zero-order valence-corrected chi connectivity index (χ0v) is 12.4. The van der Waals surface area contributed by atoms with Gasteiger partial charge in [-0.05, 0) is 29.8 Å². The van der Waals surface area contributed by atoms with Gasteiger partial charge in [-0.1, -0.05) is 23.7 Å². The monoisotopic (exact) mass is 337 g/mol. The highest BCUT2D eigenvalue weighted by atomic mass is 35.5. The number of ether oxygens (including phenoxy) is 1. The number of hydrogen-bond acceptors (Lipinski definition) is 3. The number of alkyl halides is 2. The van der Waals surface area contributed by atoms with Crippen molar-refractivity contribution in [2.24, 2.45) is 0 Å². The third kappa shape index (κ3) is 3.84. The standard InChI is InChI=1S/C16H12ClF2N3O/c17-12-3-1-2-11(7-12)15-14(23-16(18)19)5-4-13(22-15)6-10-8-20-21-9-10/h1-5,7-9,16H,6H2,(H,20,21)/i6D2. The normalized spacial score (nSPS) is 12.9. The quantitative estimate of drug-likeness (QED) is 0.754. The van der Waals surface area contributed by atoms with Crippen LogP contribution in [-0.4, -0.2) is 21.8 Å². The number of benzene rings is 1. The third-order valence-corrected chi connectivity index (χ3v) is 3.18. The van der Waals surface area contributed by atoms with Crippen LogP contribution in [-0.2, 0) is 6.37 Å². The summed E-state index contributed by atoms with van der Waals surface area (Å²) < 4.78 is 46.4. The number of aromatic nitrogens is 3. The fourth-order valence-electron chi connectivity index (χ4n) is 2.02. The summed E-state index contributed by atoms with van der Waals surface area (Å²) >= 11 is 5.96. The fraction of sp³-hybridized carbons (Fsp3) is 0.125. The summed E-state index contributed by atoms with van der Waals surface area (Å²) in [5.41, 5.74) is 0.811. The molecule has 0 atom stereocenters. The van der Waals surface area contributed by atoms with Crippen molar-refractivity contribution in [2.45, 2.75) is 13.0 Å². The van der Waals surface area contributed by atoms with Gasteiger partial charge >= 0.3 is 6.61 Å². The van der Waals surface area contributed by atoms with Gasteiger partial charge in [0, 0.05) is 31.6 Å². The SMILES string of the molecule is [2H]C([2H])(c1cn[nH]c1)c1ccc(OC(F)F)c(-c2cccc(Cl)c2)n1. The van der Waals surface area contributed by atoms with E-state index in [-0.39, 0.29) is 22.7 Å². The Morgan fingerprint density at radius 3 is 2.87 bits per heavy atom. The Morgan fingerprint density at radius 1 is 1.30 bits per heavy atom. The average Bonchev–Trinajstić information content (AvgIpc) is 3.10. The van der Waals surface area contributed by atoms with E-state index in [4.69, 9.17) is 14.3 Å². The van der Waals surface area contributed by atoms with Gasteiger partial charge in [-0.25, -0.2) is 4.98 Å². The molecule has 23 heavy (non-hydrogen) atoms. The second kappa shape index (κ2) is 6.75. The second-order valence-electron chi connectivity index (χ2n) is 4.54. The molecule has 1 N–H and O–H groups in total. The van der Waals surface area contributed by atoms with Crippen LogP contribution >= 0.6 is 11.6 Å². The van der Waals surface area contributed by atoms with E-state index in [1.165, 1.54) is 24.5 Å². The number of nitrogens with zero attached hydrogens (tertiary/aromatic N) is 2. The topological polar surface area (TPSA) is 50.8 Å². The highest BCUT2D eigenvalue weighted by Crippen LogP contribution is 2.31. The minimum Gasteiger partial charge on any atom is -0.432 e. The van der Waals surface area contributed by atoms with Gasteiger partial charge in [-0.15, -0.1) is 0 Å². The van der Waals surface area contributed by atoms with Crippen LogP contribution in [0.3, 0.4) is 0 Å². The predicted molar refractivity (Wildman–Crippen MR) is 82.7 cm³/mol. The largest absolute Gasteiger partial charge is 0.432 e. The molecule has 0 aliphatic rings. The van der Waals surface area contributed by atoms with Crippen molar-refractivity contribution in [3.8, 4) is 17.0 Å². The molecule has 0 unspecified atom stereocenters. The van der Waals surface area contributed by atoms with Gasteiger partial charge < -0.3 is 4.74 Å². The zero-order chi connectivity index (χ0) is 18.0. The van der Waals surface area contributed by atoms with Gasteiger partial charge in [0.15, 0.2) is 5.75 Å². The van der Waals surface area contributed by atoms with Crippen LogP contribution in [0, 0.1) is 0 Å². The molecule has 7 heteroatoms. The van der Waals surface area contributed by atoms with Crippen LogP contribution in [0.4, 0.5) is 8.78 Å². The van der Waals surface area contributed by atoms with E-state index in [1.807, 2.05) is 0 Å². The molecular weight excluding hydrogens is 324 g/mol. The van der Waals surface area contributed by atoms with Gasteiger partial charge in [-0.3, -0.25) is 5.10 Å². The number of hydrogen-bond donors (Lipinski definition) is 1. The molecule has 0 saturated heterocycles. The van der Waals surface area contributed by atoms with E-state index in [0.717, 1.165) is 0 Å². The molecule has 3 rings (SSSR count). The van der Waals surface area contributed by atoms with E-state index in [1.54, 1.807) is 24.3 Å². The van der Waals surface area contributed by atoms with E-state index in [9.17, 15) is 8.78 Å². The maximum absolute atomic E-state index is 12.7. The summed E-state index contributed by atoms with van der Waals surface area (Å²) in [6, 6.07) is 9.01. The Kier molecular flexibility index (Phi) is 3.82. The molecule has 0 radical (unpaired) electrons. The molecule has 2 heterocycles. The molecule has 0 saturated carbocycles. The molecule has 2 aromatic heterocycles. The van der Waals surface area contributed by atoms with Crippen LogP contribution in [0.5, 0.6) is 5.75 Å². The molecule has 1 aromatic carbocycles. The van der Waals surface area contributed by atoms with Crippen LogP contribution < -0.4 is 4.74 Å². The first kappa shape index (κ1) is 13.0. The molecule has 4 nitrogen and oxygen atoms in total. The summed E-state index contributed by atoms with van der Waals surface area (Å²) in [4.78, 5) is 4.23. The molecular formula is C16H12ClF2N3O. The molecule has 0 aliphatic heterocycles. The lowest BCUT2D eigenvalue weighted by Gasteiger charge is -2.12. The number of rotatable bonds is 5. The number of halogens is 3. The summed E-state index contributed by atoms with van der Waals surface area (Å²) in [5.74, 6) is -0.163. The Morgan fingerprint density at radius 2 is 2.17 bits per heavy atom. The minimum atomic E-state index is -3.03. The maximum Gasteiger partial charge on any atom is 0.387 e. The first-order chi connectivity index (χ1) is 11.9. The van der Waals surface area contributed by atoms with Gasteiger partial charge in [-0.2, -0.15) is 13.9 Å². The Balaban J connectivity index is 2.13. The number of H-pyrrole nitrogens is 1. The Hall–Kier alpha value is -2.47. The minimum absolute atomic E-state index is 0.0329. The van der Waals surface area contributed by atoms with Crippen molar-refractivity contribution in [3.63, 3.8) is 0 Å². The van der Waals surface area contributed by atoms with Gasteiger partial charge in [0.05, 0.1) is 6.20 Å². The fourth-order valence-corrected chi connectivity index (χ4v) is 2.21. The summed E-state index contributed by atoms with van der Waals surface area (Å²) in [5, 5.41) is 6.66. The average molecular weight is 338 g/mol. The summed E-state index contributed by atoms with van der Waals surface area (Å²) in [6.45, 7) is -3.03. The van der Waals surface area contributed by atoms with Crippen molar-refractivity contribution >= 4 is 11.6 Å². The van der Waals surface area contributed by atoms with Crippen molar-refractivity contribution in [3.05, 3.63) is 65.1 Å². The lowest BCUT2D eigenvalue weighted by Crippen LogP contribution is -2.05. The summed E-state index contributed by atoms with van der Waals surface area (Å²) in [7, 11) is 0. The van der Waals surface area contributed by atoms with Crippen LogP contribution in [0.1, 0.15) is 14.0 Å². The highest BCUT2D eigenvalue weighted by Gasteiger charge is 2.14. The van der Waals surface area contributed by atoms with Crippen molar-refractivity contribution in [1.29, 1.82) is 0 Å². The third-order valence-electron chi connectivity index (χ3n) is 2.94. The van der Waals surface area contributed by atoms with Crippen molar-refractivity contribution in [1.82, 2.24) is 15.2 Å². The first-order valence-corrected chi connectivity index (χ1v) is 6.97.